The van der Waals surface area contributed by atoms with Crippen LogP contribution < -0.4 is 0 Å². The van der Waals surface area contributed by atoms with Crippen LogP contribution in [0, 0.1) is 27.4 Å². The Morgan fingerprint density at radius 1 is 1.55 bits per heavy atom. The van der Waals surface area contributed by atoms with Crippen molar-refractivity contribution in [1.82, 2.24) is 0 Å². The van der Waals surface area contributed by atoms with Crippen LogP contribution in [0.5, 0.6) is 0 Å². The zero-order valence-corrected chi connectivity index (χ0v) is 10.5. The van der Waals surface area contributed by atoms with Crippen molar-refractivity contribution in [2.24, 2.45) is 17.3 Å². The maximum Gasteiger partial charge on any atom is 0.392 e. The number of alkyl halides is 3. The predicted molar refractivity (Wildman–Crippen MR) is 61.5 cm³/mol. The summed E-state index contributed by atoms with van der Waals surface area (Å²) < 4.78 is 37.1. The molecule has 0 aromatic rings. The van der Waals surface area contributed by atoms with Crippen molar-refractivity contribution in [3.63, 3.8) is 0 Å². The molecule has 1 saturated carbocycles. The van der Waals surface area contributed by atoms with Gasteiger partial charge < -0.3 is 5.11 Å². The van der Waals surface area contributed by atoms with Crippen molar-refractivity contribution in [2.75, 3.05) is 6.54 Å². The van der Waals surface area contributed by atoms with Gasteiger partial charge in [0.1, 0.15) is 0 Å². The molecule has 8 heteroatoms. The summed E-state index contributed by atoms with van der Waals surface area (Å²) in [6, 6.07) is 0. The first kappa shape index (κ1) is 14.8. The number of nitrogens with zero attached hydrogens (tertiary/aromatic N) is 1. The topological polar surface area (TPSA) is 80.4 Å². The molecule has 112 valence electrons. The summed E-state index contributed by atoms with van der Waals surface area (Å²) >= 11 is 0. The molecule has 20 heavy (non-hydrogen) atoms. The summed E-state index contributed by atoms with van der Waals surface area (Å²) in [5.41, 5.74) is -0.795. The second-order valence-electron chi connectivity index (χ2n) is 5.73. The lowest BCUT2D eigenvalue weighted by Crippen LogP contribution is -2.50. The van der Waals surface area contributed by atoms with E-state index in [1.807, 2.05) is 0 Å². The molecule has 0 spiro atoms. The van der Waals surface area contributed by atoms with Crippen LogP contribution in [0.3, 0.4) is 0 Å². The van der Waals surface area contributed by atoms with Crippen LogP contribution in [0.1, 0.15) is 25.7 Å². The van der Waals surface area contributed by atoms with Gasteiger partial charge in [-0.15, -0.1) is 0 Å². The highest BCUT2D eigenvalue weighted by Crippen LogP contribution is 2.60. The van der Waals surface area contributed by atoms with Crippen LogP contribution in [-0.4, -0.2) is 28.7 Å². The number of allylic oxidation sites excluding steroid dienone is 2. The van der Waals surface area contributed by atoms with Crippen LogP contribution in [0.4, 0.5) is 13.2 Å². The van der Waals surface area contributed by atoms with E-state index >= 15 is 0 Å². The molecule has 2 aliphatic carbocycles. The molecular formula is C12H14F3NO4. The van der Waals surface area contributed by atoms with Gasteiger partial charge in [0.25, 0.3) is 0 Å². The Morgan fingerprint density at radius 3 is 2.70 bits per heavy atom. The van der Waals surface area contributed by atoms with Gasteiger partial charge in [0.2, 0.25) is 6.54 Å². The minimum Gasteiger partial charge on any atom is -0.481 e. The first-order valence-electron chi connectivity index (χ1n) is 6.21. The van der Waals surface area contributed by atoms with E-state index in [9.17, 15) is 28.1 Å². The van der Waals surface area contributed by atoms with E-state index in [0.717, 1.165) is 0 Å². The minimum atomic E-state index is -4.30. The molecule has 0 aromatic heterocycles. The summed E-state index contributed by atoms with van der Waals surface area (Å²) in [5.74, 6) is -1.64. The fourth-order valence-electron chi connectivity index (χ4n) is 3.66. The monoisotopic (exact) mass is 293 g/mol. The van der Waals surface area contributed by atoms with Crippen molar-refractivity contribution < 1.29 is 28.0 Å². The van der Waals surface area contributed by atoms with E-state index < -0.39 is 41.4 Å². The van der Waals surface area contributed by atoms with Crippen LogP contribution in [0.15, 0.2) is 11.6 Å². The molecule has 0 bridgehead atoms. The van der Waals surface area contributed by atoms with Crippen molar-refractivity contribution >= 4 is 5.97 Å². The molecule has 2 aliphatic rings. The van der Waals surface area contributed by atoms with Crippen LogP contribution in [0.25, 0.3) is 0 Å². The van der Waals surface area contributed by atoms with Crippen LogP contribution in [-0.2, 0) is 4.79 Å². The van der Waals surface area contributed by atoms with E-state index in [4.69, 9.17) is 5.11 Å². The minimum absolute atomic E-state index is 0.0772. The van der Waals surface area contributed by atoms with Crippen molar-refractivity contribution in [3.8, 4) is 0 Å². The Hall–Kier alpha value is -1.60. The van der Waals surface area contributed by atoms with Crippen LogP contribution in [0.2, 0.25) is 0 Å². The number of hydrogen-bond acceptors (Lipinski definition) is 3. The molecule has 0 unspecified atom stereocenters. The maximum absolute atomic E-state index is 12.4. The molecule has 2 rings (SSSR count). The largest absolute Gasteiger partial charge is 0.481 e. The van der Waals surface area contributed by atoms with E-state index in [1.165, 1.54) is 6.08 Å². The van der Waals surface area contributed by atoms with Gasteiger partial charge >= 0.3 is 12.1 Å². The standard InChI is InChI=1S/C12H14F3NO4/c13-12(14,15)3-7-1-8-4-11(5-10(17)18,6-16(19)20)9(8)2-7/h2,8-9H,1,3-6H2,(H,17,18)/t8-,9-,11-/m1/s1. The van der Waals surface area contributed by atoms with Crippen molar-refractivity contribution in [2.45, 2.75) is 31.9 Å². The Bertz CT molecular complexity index is 456. The van der Waals surface area contributed by atoms with E-state index in [-0.39, 0.29) is 24.3 Å². The van der Waals surface area contributed by atoms with Gasteiger partial charge in [-0.1, -0.05) is 11.6 Å². The predicted octanol–water partition coefficient (Wildman–Crippen LogP) is 2.64. The third kappa shape index (κ3) is 2.94. The fraction of sp³-hybridized carbons (Fsp3) is 0.750. The van der Waals surface area contributed by atoms with Gasteiger partial charge in [-0.05, 0) is 24.7 Å². The summed E-state index contributed by atoms with van der Waals surface area (Å²) in [6.45, 7) is -0.504. The number of rotatable bonds is 5. The molecule has 1 N–H and O–H groups in total. The number of aliphatic carboxylic acids is 1. The maximum atomic E-state index is 12.4. The lowest BCUT2D eigenvalue weighted by Gasteiger charge is -2.48. The third-order valence-electron chi connectivity index (χ3n) is 4.20. The molecule has 0 aliphatic heterocycles. The molecule has 5 nitrogen and oxygen atoms in total. The molecule has 0 aromatic carbocycles. The summed E-state index contributed by atoms with van der Waals surface area (Å²) in [7, 11) is 0. The fourth-order valence-corrected chi connectivity index (χ4v) is 3.66. The number of fused-ring (bicyclic) bond motifs is 1. The average Bonchev–Trinajstić information content (AvgIpc) is 2.51. The second kappa shape index (κ2) is 4.75. The highest BCUT2D eigenvalue weighted by atomic mass is 19.4. The molecule has 0 heterocycles. The van der Waals surface area contributed by atoms with Gasteiger partial charge in [0, 0.05) is 4.92 Å². The lowest BCUT2D eigenvalue weighted by atomic mass is 9.53. The van der Waals surface area contributed by atoms with Crippen molar-refractivity contribution in [3.05, 3.63) is 21.8 Å². The summed E-state index contributed by atoms with van der Waals surface area (Å²) in [6.07, 6.45) is -3.68. The molecule has 3 atom stereocenters. The first-order valence-corrected chi connectivity index (χ1v) is 6.21. The Kier molecular flexibility index (Phi) is 3.51. The van der Waals surface area contributed by atoms with E-state index in [2.05, 4.69) is 0 Å². The normalized spacial score (nSPS) is 32.2. The lowest BCUT2D eigenvalue weighted by molar-refractivity contribution is -0.505. The van der Waals surface area contributed by atoms with Crippen molar-refractivity contribution in [1.29, 1.82) is 0 Å². The molecule has 0 saturated heterocycles. The molecule has 0 radical (unpaired) electrons. The summed E-state index contributed by atoms with van der Waals surface area (Å²) in [4.78, 5) is 21.0. The smallest absolute Gasteiger partial charge is 0.392 e. The third-order valence-corrected chi connectivity index (χ3v) is 4.20. The van der Waals surface area contributed by atoms with Gasteiger partial charge in [0.05, 0.1) is 18.3 Å². The molecule has 1 fully saturated rings. The SMILES string of the molecule is O=C(O)C[C@@]1(C[N+](=O)[O-])C[C@H]2CC(CC(F)(F)F)=C[C@H]21. The zero-order valence-electron chi connectivity index (χ0n) is 10.5. The number of nitro groups is 1. The van der Waals surface area contributed by atoms with Gasteiger partial charge in [0.15, 0.2) is 0 Å². The quantitative estimate of drug-likeness (QED) is 0.480. The number of hydrogen-bond donors (Lipinski definition) is 1. The Morgan fingerprint density at radius 2 is 2.20 bits per heavy atom. The van der Waals surface area contributed by atoms with Gasteiger partial charge in [-0.2, -0.15) is 13.2 Å². The van der Waals surface area contributed by atoms with Gasteiger partial charge in [-0.3, -0.25) is 14.9 Å². The van der Waals surface area contributed by atoms with Gasteiger partial charge in [-0.25, -0.2) is 0 Å². The number of carboxylic acid groups (broad SMARTS) is 1. The number of carbonyl (C=O) groups is 1. The molecular weight excluding hydrogens is 279 g/mol. The Balaban J connectivity index is 2.14. The summed E-state index contributed by atoms with van der Waals surface area (Å²) in [5, 5.41) is 19.6. The van der Waals surface area contributed by atoms with E-state index in [0.29, 0.717) is 6.42 Å². The number of carboxylic acids is 1. The average molecular weight is 293 g/mol. The molecule has 0 amide bonds. The first-order chi connectivity index (χ1) is 9.11. The highest BCUT2D eigenvalue weighted by Gasteiger charge is 2.59. The highest BCUT2D eigenvalue weighted by molar-refractivity contribution is 5.68. The van der Waals surface area contributed by atoms with E-state index in [1.54, 1.807) is 0 Å². The zero-order chi connectivity index (χ0) is 15.1. The Labute approximate surface area is 112 Å². The van der Waals surface area contributed by atoms with Crippen LogP contribution >= 0.6 is 0 Å². The second-order valence-corrected chi connectivity index (χ2v) is 5.73. The number of halogens is 3.